The Bertz CT molecular complexity index is 2580. The van der Waals surface area contributed by atoms with Crippen molar-refractivity contribution in [3.63, 3.8) is 0 Å². The molecule has 1 aliphatic heterocycles. The number of hydrogen-bond acceptors (Lipinski definition) is 3. The molecule has 42 heavy (non-hydrogen) atoms. The normalized spacial score (nSPS) is 16.7. The number of para-hydroxylation sites is 2. The van der Waals surface area contributed by atoms with E-state index in [1.807, 2.05) is 54.6 Å². The van der Waals surface area contributed by atoms with Crippen LogP contribution in [0.15, 0.2) is 135 Å². The summed E-state index contributed by atoms with van der Waals surface area (Å²) < 4.78 is 28.4. The fourth-order valence-corrected chi connectivity index (χ4v) is 8.51. The Labute approximate surface area is 242 Å². The van der Waals surface area contributed by atoms with Gasteiger partial charge in [0.25, 0.3) is 0 Å². The molecule has 1 atom stereocenters. The smallest absolute Gasteiger partial charge is 0.160 e. The Kier molecular flexibility index (Phi) is 4.74. The lowest BCUT2D eigenvalue weighted by Gasteiger charge is -2.21. The molecule has 0 fully saturated rings. The number of nitrogens with zero attached hydrogens (tertiary/aromatic N) is 2. The predicted molar refractivity (Wildman–Crippen MR) is 175 cm³/mol. The highest BCUT2D eigenvalue weighted by Crippen LogP contribution is 2.47. The molecule has 1 aliphatic rings. The molecule has 0 amide bonds. The third-order valence-corrected chi connectivity index (χ3v) is 10.2. The molecule has 0 bridgehead atoms. The van der Waals surface area contributed by atoms with Crippen molar-refractivity contribution in [1.29, 1.82) is 0 Å². The van der Waals surface area contributed by atoms with E-state index in [2.05, 4.69) is 77.4 Å². The van der Waals surface area contributed by atoms with E-state index in [9.17, 15) is 4.21 Å². The van der Waals surface area contributed by atoms with Crippen LogP contribution in [0.5, 0.6) is 0 Å². The summed E-state index contributed by atoms with van der Waals surface area (Å²) in [5.41, 5.74) is 7.15. The zero-order valence-corrected chi connectivity index (χ0v) is 23.6. The van der Waals surface area contributed by atoms with Crippen molar-refractivity contribution < 1.29 is 8.63 Å². The average Bonchev–Trinajstić information content (AvgIpc) is 3.58. The number of benzene rings is 6. The van der Waals surface area contributed by atoms with Gasteiger partial charge in [0.15, 0.2) is 5.58 Å². The first-order chi connectivity index (χ1) is 20.6. The molecule has 8 aromatic rings. The van der Waals surface area contributed by atoms with Crippen LogP contribution in [0, 0.1) is 0 Å². The van der Waals surface area contributed by atoms with Crippen molar-refractivity contribution in [2.45, 2.75) is 4.90 Å². The Morgan fingerprint density at radius 3 is 2.14 bits per heavy atom. The van der Waals surface area contributed by atoms with E-state index in [1.54, 1.807) is 6.26 Å². The predicted octanol–water partition coefficient (Wildman–Crippen LogP) is 9.80. The average molecular weight is 561 g/mol. The van der Waals surface area contributed by atoms with Crippen LogP contribution in [0.2, 0.25) is 0 Å². The van der Waals surface area contributed by atoms with Gasteiger partial charge in [-0.3, -0.25) is 0 Å². The first kappa shape index (κ1) is 23.6. The molecule has 0 saturated heterocycles. The van der Waals surface area contributed by atoms with Gasteiger partial charge < -0.3 is 8.98 Å². The molecule has 3 heterocycles. The van der Waals surface area contributed by atoms with Crippen molar-refractivity contribution >= 4 is 76.0 Å². The molecule has 0 saturated carbocycles. The van der Waals surface area contributed by atoms with E-state index >= 15 is 0 Å². The molecule has 0 aliphatic carbocycles. The molecule has 0 radical (unpaired) electrons. The van der Waals surface area contributed by atoms with Gasteiger partial charge in [0, 0.05) is 33.4 Å². The lowest BCUT2D eigenvalue weighted by atomic mass is 9.99. The number of rotatable bonds is 2. The molecular formula is C37H24N2O2S. The molecule has 9 rings (SSSR count). The summed E-state index contributed by atoms with van der Waals surface area (Å²) in [5.74, 6) is 0. The molecule has 6 aromatic carbocycles. The molecule has 4 nitrogen and oxygen atoms in total. The SMILES string of the molecule is CS1(=O)=NC(c2ccccc2)=Cc2cccc(-n3c4ccccc4c4c5ccccc5c5c6ccccc6oc5c43)c21. The number of furan rings is 1. The second kappa shape index (κ2) is 8.44. The standard InChI is InChI=1S/C37H24N2O2S/c1-42(40)37-24(22-29(38-42)23-12-3-2-4-13-23)14-11-20-31(37)39-30-19-9-7-17-27(30)33-25-15-5-6-16-26(25)34-28-18-8-10-21-32(28)41-36(34)35(33)39/h2-22H,1H3. The lowest BCUT2D eigenvalue weighted by molar-refractivity contribution is 0.670. The van der Waals surface area contributed by atoms with Crippen LogP contribution in [0.3, 0.4) is 0 Å². The van der Waals surface area contributed by atoms with E-state index < -0.39 is 9.73 Å². The van der Waals surface area contributed by atoms with E-state index in [0.717, 1.165) is 76.5 Å². The number of fused-ring (bicyclic) bond motifs is 11. The topological polar surface area (TPSA) is 47.5 Å². The van der Waals surface area contributed by atoms with Crippen molar-refractivity contribution in [2.75, 3.05) is 6.26 Å². The highest BCUT2D eigenvalue weighted by Gasteiger charge is 2.27. The van der Waals surface area contributed by atoms with E-state index in [4.69, 9.17) is 8.78 Å². The fourth-order valence-electron chi connectivity index (χ4n) is 6.77. The van der Waals surface area contributed by atoms with Crippen LogP contribution in [0.4, 0.5) is 0 Å². The van der Waals surface area contributed by atoms with Crippen molar-refractivity contribution in [1.82, 2.24) is 4.57 Å². The summed E-state index contributed by atoms with van der Waals surface area (Å²) >= 11 is 0. The maximum atomic E-state index is 14.6. The molecule has 200 valence electrons. The Balaban J connectivity index is 1.49. The van der Waals surface area contributed by atoms with Crippen LogP contribution >= 0.6 is 0 Å². The van der Waals surface area contributed by atoms with Gasteiger partial charge in [-0.1, -0.05) is 103 Å². The lowest BCUT2D eigenvalue weighted by Crippen LogP contribution is -2.10. The summed E-state index contributed by atoms with van der Waals surface area (Å²) in [6, 6.07) is 41.4. The van der Waals surface area contributed by atoms with Crippen LogP contribution in [0.1, 0.15) is 11.1 Å². The molecule has 1 unspecified atom stereocenters. The summed E-state index contributed by atoms with van der Waals surface area (Å²) in [5, 5.41) is 6.76. The van der Waals surface area contributed by atoms with Crippen LogP contribution in [0.25, 0.3) is 72.0 Å². The third kappa shape index (κ3) is 3.14. The van der Waals surface area contributed by atoms with Crippen molar-refractivity contribution in [3.8, 4) is 5.69 Å². The first-order valence-corrected chi connectivity index (χ1v) is 15.9. The van der Waals surface area contributed by atoms with Crippen LogP contribution < -0.4 is 0 Å². The Morgan fingerprint density at radius 2 is 1.33 bits per heavy atom. The summed E-state index contributed by atoms with van der Waals surface area (Å²) in [6.07, 6.45) is 3.81. The maximum Gasteiger partial charge on any atom is 0.160 e. The number of hydrogen-bond donors (Lipinski definition) is 0. The highest BCUT2D eigenvalue weighted by atomic mass is 32.2. The van der Waals surface area contributed by atoms with Gasteiger partial charge in [0.05, 0.1) is 37.0 Å². The Hall–Kier alpha value is -5.13. The highest BCUT2D eigenvalue weighted by molar-refractivity contribution is 7.93. The van der Waals surface area contributed by atoms with Gasteiger partial charge in [-0.25, -0.2) is 4.21 Å². The van der Waals surface area contributed by atoms with Gasteiger partial charge >= 0.3 is 0 Å². The van der Waals surface area contributed by atoms with Gasteiger partial charge in [-0.15, -0.1) is 0 Å². The van der Waals surface area contributed by atoms with Gasteiger partial charge in [-0.05, 0) is 40.6 Å². The quantitative estimate of drug-likeness (QED) is 0.211. The minimum absolute atomic E-state index is 0.737. The second-order valence-electron chi connectivity index (χ2n) is 10.9. The van der Waals surface area contributed by atoms with Gasteiger partial charge in [0.2, 0.25) is 0 Å². The van der Waals surface area contributed by atoms with Crippen LogP contribution in [-0.4, -0.2) is 15.0 Å². The summed E-state index contributed by atoms with van der Waals surface area (Å²) in [7, 11) is -2.80. The van der Waals surface area contributed by atoms with E-state index in [1.165, 1.54) is 5.39 Å². The van der Waals surface area contributed by atoms with Crippen LogP contribution in [-0.2, 0) is 9.73 Å². The fraction of sp³-hybridized carbons (Fsp3) is 0.0270. The zero-order valence-electron chi connectivity index (χ0n) is 22.7. The first-order valence-electron chi connectivity index (χ1n) is 14.0. The summed E-state index contributed by atoms with van der Waals surface area (Å²) in [4.78, 5) is 0.741. The minimum atomic E-state index is -2.80. The van der Waals surface area contributed by atoms with Gasteiger partial charge in [-0.2, -0.15) is 4.36 Å². The molecular weight excluding hydrogens is 536 g/mol. The molecule has 5 heteroatoms. The minimum Gasteiger partial charge on any atom is -0.454 e. The Morgan fingerprint density at radius 1 is 0.667 bits per heavy atom. The van der Waals surface area contributed by atoms with Crippen molar-refractivity contribution in [2.24, 2.45) is 4.36 Å². The molecule has 0 N–H and O–H groups in total. The summed E-state index contributed by atoms with van der Waals surface area (Å²) in [6.45, 7) is 0. The molecule has 2 aromatic heterocycles. The maximum absolute atomic E-state index is 14.6. The third-order valence-electron chi connectivity index (χ3n) is 8.43. The second-order valence-corrected chi connectivity index (χ2v) is 13.1. The largest absolute Gasteiger partial charge is 0.454 e. The number of aromatic nitrogens is 1. The monoisotopic (exact) mass is 560 g/mol. The molecule has 0 spiro atoms. The zero-order chi connectivity index (χ0) is 28.0. The van der Waals surface area contributed by atoms with E-state index in [0.29, 0.717) is 0 Å². The van der Waals surface area contributed by atoms with E-state index in [-0.39, 0.29) is 0 Å². The van der Waals surface area contributed by atoms with Crippen molar-refractivity contribution in [3.05, 3.63) is 132 Å². The van der Waals surface area contributed by atoms with Gasteiger partial charge in [0.1, 0.15) is 5.58 Å².